The topological polar surface area (TPSA) is 66.8 Å². The number of amides is 1. The molecular weight excluding hydrogens is 306 g/mol. The van der Waals surface area contributed by atoms with Crippen LogP contribution in [0.4, 0.5) is 5.69 Å². The van der Waals surface area contributed by atoms with Gasteiger partial charge in [-0.2, -0.15) is 0 Å². The van der Waals surface area contributed by atoms with Gasteiger partial charge in [0.2, 0.25) is 0 Å². The van der Waals surface area contributed by atoms with Crippen molar-refractivity contribution in [1.29, 1.82) is 0 Å². The van der Waals surface area contributed by atoms with Crippen molar-refractivity contribution in [3.8, 4) is 5.75 Å². The van der Waals surface area contributed by atoms with Crippen LogP contribution in [0, 0.1) is 0 Å². The van der Waals surface area contributed by atoms with Crippen molar-refractivity contribution in [2.45, 2.75) is 0 Å². The molecule has 0 aliphatic rings. The van der Waals surface area contributed by atoms with Gasteiger partial charge in [0, 0.05) is 16.3 Å². The Morgan fingerprint density at radius 1 is 1.09 bits per heavy atom. The quantitative estimate of drug-likeness (QED) is 0.919. The van der Waals surface area contributed by atoms with E-state index in [1.807, 2.05) is 0 Å². The maximum absolute atomic E-state index is 12.5. The fourth-order valence-corrected chi connectivity index (χ4v) is 2.05. The largest absolute Gasteiger partial charge is 0.497 e. The lowest BCUT2D eigenvalue weighted by atomic mass is 10.1. The summed E-state index contributed by atoms with van der Waals surface area (Å²) in [7, 11) is 1.53. The molecule has 0 atom stereocenters. The molecule has 0 saturated carbocycles. The lowest BCUT2D eigenvalue weighted by molar-refractivity contribution is -0.135. The second-order valence-corrected chi connectivity index (χ2v) is 4.93. The van der Waals surface area contributed by atoms with E-state index in [0.717, 1.165) is 0 Å². The monoisotopic (exact) mass is 319 g/mol. The lowest BCUT2D eigenvalue weighted by Gasteiger charge is -2.21. The summed E-state index contributed by atoms with van der Waals surface area (Å²) in [6, 6.07) is 12.9. The minimum Gasteiger partial charge on any atom is -0.497 e. The summed E-state index contributed by atoms with van der Waals surface area (Å²) >= 11 is 5.80. The smallest absolute Gasteiger partial charge is 0.323 e. The van der Waals surface area contributed by atoms with E-state index in [4.69, 9.17) is 21.4 Å². The number of hydrogen-bond donors (Lipinski definition) is 1. The minimum absolute atomic E-state index is 0.362. The summed E-state index contributed by atoms with van der Waals surface area (Å²) in [5.74, 6) is -0.889. The predicted molar refractivity (Wildman–Crippen MR) is 83.8 cm³/mol. The summed E-state index contributed by atoms with van der Waals surface area (Å²) < 4.78 is 5.05. The molecule has 2 rings (SSSR count). The number of ether oxygens (including phenoxy) is 1. The van der Waals surface area contributed by atoms with Crippen LogP contribution in [-0.2, 0) is 4.79 Å². The number of halogens is 1. The van der Waals surface area contributed by atoms with Crippen LogP contribution in [0.1, 0.15) is 10.4 Å². The molecule has 2 aromatic rings. The minimum atomic E-state index is -1.10. The highest BCUT2D eigenvalue weighted by atomic mass is 35.5. The number of carbonyl (C=O) groups is 2. The molecule has 0 spiro atoms. The van der Waals surface area contributed by atoms with Crippen molar-refractivity contribution >= 4 is 29.2 Å². The standard InChI is InChI=1S/C16H14ClNO4/c1-22-14-8-6-13(7-9-14)18(10-15(19)20)16(21)11-2-4-12(17)5-3-11/h2-9H,10H2,1H3,(H,19,20). The molecule has 6 heteroatoms. The normalized spacial score (nSPS) is 10.1. The highest BCUT2D eigenvalue weighted by Gasteiger charge is 2.20. The molecule has 0 heterocycles. The Labute approximate surface area is 132 Å². The van der Waals surface area contributed by atoms with Gasteiger partial charge < -0.3 is 9.84 Å². The number of nitrogens with zero attached hydrogens (tertiary/aromatic N) is 1. The molecule has 0 saturated heterocycles. The lowest BCUT2D eigenvalue weighted by Crippen LogP contribution is -2.35. The Hall–Kier alpha value is -2.53. The van der Waals surface area contributed by atoms with Crippen LogP contribution in [-0.4, -0.2) is 30.6 Å². The summed E-state index contributed by atoms with van der Waals surface area (Å²) in [5, 5.41) is 9.55. The third-order valence-corrected chi connectivity index (χ3v) is 3.27. The van der Waals surface area contributed by atoms with E-state index < -0.39 is 18.4 Å². The van der Waals surface area contributed by atoms with Gasteiger partial charge in [-0.1, -0.05) is 11.6 Å². The van der Waals surface area contributed by atoms with Gasteiger partial charge in [-0.15, -0.1) is 0 Å². The van der Waals surface area contributed by atoms with Crippen molar-refractivity contribution in [3.05, 3.63) is 59.1 Å². The van der Waals surface area contributed by atoms with E-state index in [1.165, 1.54) is 12.0 Å². The number of benzene rings is 2. The number of methoxy groups -OCH3 is 1. The first-order valence-electron chi connectivity index (χ1n) is 6.44. The van der Waals surface area contributed by atoms with Crippen molar-refractivity contribution in [2.75, 3.05) is 18.6 Å². The van der Waals surface area contributed by atoms with E-state index in [9.17, 15) is 9.59 Å². The number of carbonyl (C=O) groups excluding carboxylic acids is 1. The molecule has 0 aliphatic heterocycles. The average Bonchev–Trinajstić information content (AvgIpc) is 2.53. The summed E-state index contributed by atoms with van der Waals surface area (Å²) in [4.78, 5) is 24.8. The van der Waals surface area contributed by atoms with E-state index in [2.05, 4.69) is 0 Å². The molecule has 114 valence electrons. The van der Waals surface area contributed by atoms with Gasteiger partial charge in [0.15, 0.2) is 0 Å². The number of anilines is 1. The maximum Gasteiger partial charge on any atom is 0.323 e. The van der Waals surface area contributed by atoms with Gasteiger partial charge >= 0.3 is 5.97 Å². The number of rotatable bonds is 5. The Morgan fingerprint density at radius 2 is 1.68 bits per heavy atom. The molecule has 1 amide bonds. The fraction of sp³-hybridized carbons (Fsp3) is 0.125. The SMILES string of the molecule is COc1ccc(N(CC(=O)O)C(=O)c2ccc(Cl)cc2)cc1. The van der Waals surface area contributed by atoms with Crippen LogP contribution >= 0.6 is 11.6 Å². The molecule has 0 radical (unpaired) electrons. The van der Waals surface area contributed by atoms with Gasteiger partial charge in [0.1, 0.15) is 12.3 Å². The van der Waals surface area contributed by atoms with Crippen molar-refractivity contribution in [3.63, 3.8) is 0 Å². The van der Waals surface area contributed by atoms with Crippen LogP contribution in [0.15, 0.2) is 48.5 Å². The third kappa shape index (κ3) is 3.77. The summed E-state index contributed by atoms with van der Waals surface area (Å²) in [6.07, 6.45) is 0. The fourth-order valence-electron chi connectivity index (χ4n) is 1.93. The molecule has 0 fully saturated rings. The van der Waals surface area contributed by atoms with Gasteiger partial charge in [-0.25, -0.2) is 0 Å². The summed E-state index contributed by atoms with van der Waals surface area (Å²) in [6.45, 7) is -0.437. The zero-order valence-corrected chi connectivity index (χ0v) is 12.6. The Morgan fingerprint density at radius 3 is 2.18 bits per heavy atom. The van der Waals surface area contributed by atoms with Crippen LogP contribution in [0.2, 0.25) is 5.02 Å². The second-order valence-electron chi connectivity index (χ2n) is 4.49. The summed E-state index contributed by atoms with van der Waals surface area (Å²) in [5.41, 5.74) is 0.838. The first-order chi connectivity index (χ1) is 10.5. The van der Waals surface area contributed by atoms with Gasteiger partial charge in [0.05, 0.1) is 7.11 Å². The Kier molecular flexibility index (Phi) is 5.01. The molecule has 5 nitrogen and oxygen atoms in total. The van der Waals surface area contributed by atoms with E-state index >= 15 is 0 Å². The highest BCUT2D eigenvalue weighted by molar-refractivity contribution is 6.30. The van der Waals surface area contributed by atoms with Crippen molar-refractivity contribution < 1.29 is 19.4 Å². The zero-order valence-electron chi connectivity index (χ0n) is 11.8. The number of carboxylic acid groups (broad SMARTS) is 1. The Bertz CT molecular complexity index is 668. The maximum atomic E-state index is 12.5. The molecule has 0 bridgehead atoms. The zero-order chi connectivity index (χ0) is 16.1. The third-order valence-electron chi connectivity index (χ3n) is 3.01. The number of carboxylic acids is 1. The van der Waals surface area contributed by atoms with E-state index in [1.54, 1.807) is 48.5 Å². The number of aliphatic carboxylic acids is 1. The van der Waals surface area contributed by atoms with Gasteiger partial charge in [-0.3, -0.25) is 14.5 Å². The molecule has 0 aliphatic carbocycles. The second kappa shape index (κ2) is 6.95. The first-order valence-corrected chi connectivity index (χ1v) is 6.82. The Balaban J connectivity index is 2.33. The molecular formula is C16H14ClNO4. The predicted octanol–water partition coefficient (Wildman–Crippen LogP) is 3.08. The molecule has 0 unspecified atom stereocenters. The van der Waals surface area contributed by atoms with Crippen molar-refractivity contribution in [2.24, 2.45) is 0 Å². The van der Waals surface area contributed by atoms with E-state index in [-0.39, 0.29) is 0 Å². The first kappa shape index (κ1) is 15.9. The van der Waals surface area contributed by atoms with Crippen LogP contribution in [0.25, 0.3) is 0 Å². The van der Waals surface area contributed by atoms with Crippen LogP contribution in [0.5, 0.6) is 5.75 Å². The van der Waals surface area contributed by atoms with Gasteiger partial charge in [0.25, 0.3) is 5.91 Å². The van der Waals surface area contributed by atoms with Crippen LogP contribution in [0.3, 0.4) is 0 Å². The molecule has 0 aromatic heterocycles. The average molecular weight is 320 g/mol. The molecule has 2 aromatic carbocycles. The van der Waals surface area contributed by atoms with Crippen LogP contribution < -0.4 is 9.64 Å². The molecule has 1 N–H and O–H groups in total. The molecule has 22 heavy (non-hydrogen) atoms. The highest BCUT2D eigenvalue weighted by Crippen LogP contribution is 2.21. The van der Waals surface area contributed by atoms with Crippen molar-refractivity contribution in [1.82, 2.24) is 0 Å². The number of hydrogen-bond acceptors (Lipinski definition) is 3. The van der Waals surface area contributed by atoms with Gasteiger partial charge in [-0.05, 0) is 48.5 Å². The van der Waals surface area contributed by atoms with E-state index in [0.29, 0.717) is 22.0 Å².